The van der Waals surface area contributed by atoms with Crippen LogP contribution in [0.25, 0.3) is 0 Å². The van der Waals surface area contributed by atoms with Crippen LogP contribution in [0.15, 0.2) is 71.8 Å². The highest BCUT2D eigenvalue weighted by atomic mass is 19.1. The van der Waals surface area contributed by atoms with Crippen LogP contribution in [0.3, 0.4) is 0 Å². The molecule has 0 aliphatic carbocycles. The number of anilines is 1. The first-order chi connectivity index (χ1) is 17.9. The molecule has 1 saturated heterocycles. The molecule has 2 heterocycles. The molecule has 0 spiro atoms. The number of carbonyl (C=O) groups is 1. The number of para-hydroxylation sites is 1. The maximum atomic E-state index is 14.2. The minimum atomic E-state index is -0.208. The number of rotatable bonds is 6. The van der Waals surface area contributed by atoms with Gasteiger partial charge >= 0.3 is 0 Å². The molecule has 5 rings (SSSR count). The largest absolute Gasteiger partial charge is 0.497 e. The molecule has 1 atom stereocenters. The Morgan fingerprint density at radius 1 is 1.00 bits per heavy atom. The highest BCUT2D eigenvalue weighted by Gasteiger charge is 2.35. The number of hydrogen-bond donors (Lipinski definition) is 0. The van der Waals surface area contributed by atoms with Gasteiger partial charge in [0.2, 0.25) is 0 Å². The summed E-state index contributed by atoms with van der Waals surface area (Å²) in [6.07, 6.45) is 0.643. The number of amides is 1. The van der Waals surface area contributed by atoms with Crippen molar-refractivity contribution in [3.8, 4) is 5.75 Å². The molecule has 0 aromatic heterocycles. The van der Waals surface area contributed by atoms with E-state index in [1.165, 1.54) is 6.07 Å². The molecule has 1 amide bonds. The van der Waals surface area contributed by atoms with Crippen LogP contribution in [0.5, 0.6) is 5.75 Å². The van der Waals surface area contributed by atoms with Crippen LogP contribution in [0.2, 0.25) is 0 Å². The van der Waals surface area contributed by atoms with E-state index >= 15 is 0 Å². The van der Waals surface area contributed by atoms with Crippen LogP contribution < -0.4 is 9.64 Å². The van der Waals surface area contributed by atoms with Crippen LogP contribution in [0.4, 0.5) is 10.1 Å². The SMILES string of the molecule is COc1cccc(C2=NN(C(=O)CN3CCN(c4ccccc4F)CC3)C(c3cc(C)ccc3C)C2)c1. The Bertz CT molecular complexity index is 1320. The quantitative estimate of drug-likeness (QED) is 0.481. The number of halogens is 1. The molecule has 0 radical (unpaired) electrons. The highest BCUT2D eigenvalue weighted by Crippen LogP contribution is 2.35. The summed E-state index contributed by atoms with van der Waals surface area (Å²) >= 11 is 0. The maximum absolute atomic E-state index is 14.2. The summed E-state index contributed by atoms with van der Waals surface area (Å²) < 4.78 is 19.7. The molecular weight excluding hydrogens is 467 g/mol. The third kappa shape index (κ3) is 5.37. The van der Waals surface area contributed by atoms with Crippen molar-refractivity contribution in [2.24, 2.45) is 5.10 Å². The van der Waals surface area contributed by atoms with Gasteiger partial charge in [-0.25, -0.2) is 9.40 Å². The zero-order valence-corrected chi connectivity index (χ0v) is 21.7. The fourth-order valence-corrected chi connectivity index (χ4v) is 5.20. The second kappa shape index (κ2) is 10.7. The van der Waals surface area contributed by atoms with Crippen molar-refractivity contribution in [1.82, 2.24) is 9.91 Å². The molecule has 3 aromatic rings. The van der Waals surface area contributed by atoms with E-state index in [9.17, 15) is 9.18 Å². The lowest BCUT2D eigenvalue weighted by Gasteiger charge is -2.36. The molecule has 0 bridgehead atoms. The molecule has 3 aromatic carbocycles. The number of hydrogen-bond acceptors (Lipinski definition) is 5. The Hall–Kier alpha value is -3.71. The average Bonchev–Trinajstić information content (AvgIpc) is 3.36. The number of methoxy groups -OCH3 is 1. The predicted molar refractivity (Wildman–Crippen MR) is 145 cm³/mol. The van der Waals surface area contributed by atoms with Gasteiger partial charge in [0.25, 0.3) is 5.91 Å². The van der Waals surface area contributed by atoms with E-state index in [-0.39, 0.29) is 24.3 Å². The van der Waals surface area contributed by atoms with Crippen molar-refractivity contribution in [2.45, 2.75) is 26.3 Å². The van der Waals surface area contributed by atoms with E-state index in [1.807, 2.05) is 41.3 Å². The number of ether oxygens (including phenoxy) is 1. The monoisotopic (exact) mass is 500 g/mol. The van der Waals surface area contributed by atoms with Crippen LogP contribution in [0, 0.1) is 19.7 Å². The van der Waals surface area contributed by atoms with E-state index in [4.69, 9.17) is 9.84 Å². The van der Waals surface area contributed by atoms with Gasteiger partial charge in [-0.2, -0.15) is 5.10 Å². The molecule has 6 nitrogen and oxygen atoms in total. The van der Waals surface area contributed by atoms with Gasteiger partial charge in [0.1, 0.15) is 11.6 Å². The third-order valence-electron chi connectivity index (χ3n) is 7.29. The van der Waals surface area contributed by atoms with Gasteiger partial charge in [-0.05, 0) is 49.2 Å². The summed E-state index contributed by atoms with van der Waals surface area (Å²) in [6.45, 7) is 7.16. The summed E-state index contributed by atoms with van der Waals surface area (Å²) in [6, 6.07) is 20.9. The van der Waals surface area contributed by atoms with Crippen LogP contribution in [0.1, 0.15) is 34.7 Å². The van der Waals surface area contributed by atoms with Crippen molar-refractivity contribution in [1.29, 1.82) is 0 Å². The first-order valence-corrected chi connectivity index (χ1v) is 12.8. The molecule has 0 saturated carbocycles. The lowest BCUT2D eigenvalue weighted by atomic mass is 9.94. The van der Waals surface area contributed by atoms with Crippen LogP contribution >= 0.6 is 0 Å². The first kappa shape index (κ1) is 25.0. The van der Waals surface area contributed by atoms with Crippen molar-refractivity contribution in [2.75, 3.05) is 44.7 Å². The molecule has 192 valence electrons. The van der Waals surface area contributed by atoms with E-state index < -0.39 is 0 Å². The van der Waals surface area contributed by atoms with Gasteiger partial charge in [0.05, 0.1) is 31.1 Å². The fourth-order valence-electron chi connectivity index (χ4n) is 5.20. The molecule has 1 unspecified atom stereocenters. The topological polar surface area (TPSA) is 48.4 Å². The van der Waals surface area contributed by atoms with Crippen LogP contribution in [-0.4, -0.2) is 61.4 Å². The maximum Gasteiger partial charge on any atom is 0.257 e. The molecule has 37 heavy (non-hydrogen) atoms. The molecule has 1 fully saturated rings. The number of nitrogens with zero attached hydrogens (tertiary/aromatic N) is 4. The van der Waals surface area contributed by atoms with Crippen LogP contribution in [-0.2, 0) is 4.79 Å². The van der Waals surface area contributed by atoms with Gasteiger partial charge in [0, 0.05) is 38.2 Å². The summed E-state index contributed by atoms with van der Waals surface area (Å²) in [5.41, 5.74) is 5.89. The van der Waals surface area contributed by atoms with Crippen molar-refractivity contribution in [3.05, 3.63) is 94.8 Å². The predicted octanol–water partition coefficient (Wildman–Crippen LogP) is 4.95. The van der Waals surface area contributed by atoms with Gasteiger partial charge < -0.3 is 9.64 Å². The van der Waals surface area contributed by atoms with E-state index in [0.29, 0.717) is 38.3 Å². The normalized spacial score (nSPS) is 18.2. The lowest BCUT2D eigenvalue weighted by Crippen LogP contribution is -2.49. The number of carbonyl (C=O) groups excluding carboxylic acids is 1. The minimum Gasteiger partial charge on any atom is -0.497 e. The van der Waals surface area contributed by atoms with Gasteiger partial charge in [0.15, 0.2) is 0 Å². The summed E-state index contributed by atoms with van der Waals surface area (Å²) in [5.74, 6) is 0.531. The minimum absolute atomic E-state index is 0.0249. The Labute approximate surface area is 217 Å². The van der Waals surface area contributed by atoms with E-state index in [2.05, 4.69) is 36.9 Å². The first-order valence-electron chi connectivity index (χ1n) is 12.8. The standard InChI is InChI=1S/C30H33FN4O2/c1-21-11-12-22(2)25(17-21)29-19-27(23-7-6-8-24(18-23)37-3)32-35(29)30(36)20-33-13-15-34(16-14-33)28-10-5-4-9-26(28)31/h4-12,17-18,29H,13-16,19-20H2,1-3H3. The molecular formula is C30H33FN4O2. The number of benzene rings is 3. The van der Waals surface area contributed by atoms with E-state index in [1.54, 1.807) is 18.2 Å². The Morgan fingerprint density at radius 2 is 1.78 bits per heavy atom. The number of aryl methyl sites for hydroxylation is 2. The zero-order valence-electron chi connectivity index (χ0n) is 21.7. The molecule has 2 aliphatic rings. The third-order valence-corrected chi connectivity index (χ3v) is 7.29. The second-order valence-electron chi connectivity index (χ2n) is 9.81. The second-order valence-corrected chi connectivity index (χ2v) is 9.81. The Morgan fingerprint density at radius 3 is 2.54 bits per heavy atom. The number of hydrazone groups is 1. The summed E-state index contributed by atoms with van der Waals surface area (Å²) in [4.78, 5) is 17.9. The molecule has 2 aliphatic heterocycles. The highest BCUT2D eigenvalue weighted by molar-refractivity contribution is 6.03. The Balaban J connectivity index is 1.35. The molecule has 0 N–H and O–H groups in total. The average molecular weight is 501 g/mol. The fraction of sp³-hybridized carbons (Fsp3) is 0.333. The zero-order chi connectivity index (χ0) is 25.9. The molecule has 7 heteroatoms. The van der Waals surface area contributed by atoms with Crippen molar-refractivity contribution < 1.29 is 13.9 Å². The smallest absolute Gasteiger partial charge is 0.257 e. The Kier molecular flexibility index (Phi) is 7.24. The van der Waals surface area contributed by atoms with E-state index in [0.717, 1.165) is 33.7 Å². The summed E-state index contributed by atoms with van der Waals surface area (Å²) in [7, 11) is 1.65. The summed E-state index contributed by atoms with van der Waals surface area (Å²) in [5, 5.41) is 6.54. The number of piperazine rings is 1. The van der Waals surface area contributed by atoms with Gasteiger partial charge in [-0.15, -0.1) is 0 Å². The lowest BCUT2D eigenvalue weighted by molar-refractivity contribution is -0.134. The van der Waals surface area contributed by atoms with Gasteiger partial charge in [-0.3, -0.25) is 9.69 Å². The van der Waals surface area contributed by atoms with Crippen molar-refractivity contribution >= 4 is 17.3 Å². The van der Waals surface area contributed by atoms with Gasteiger partial charge in [-0.1, -0.05) is 48.0 Å². The van der Waals surface area contributed by atoms with Crippen molar-refractivity contribution in [3.63, 3.8) is 0 Å².